The van der Waals surface area contributed by atoms with Gasteiger partial charge in [-0.25, -0.2) is 0 Å². The van der Waals surface area contributed by atoms with Gasteiger partial charge in [-0.2, -0.15) is 0 Å². The summed E-state index contributed by atoms with van der Waals surface area (Å²) in [5, 5.41) is 12.2. The monoisotopic (exact) mass is 270 g/mol. The quantitative estimate of drug-likeness (QED) is 0.739. The highest BCUT2D eigenvalue weighted by Gasteiger charge is 2.28. The van der Waals surface area contributed by atoms with Gasteiger partial charge in [-0.1, -0.05) is 33.6 Å². The summed E-state index contributed by atoms with van der Waals surface area (Å²) in [5.74, 6) is 1.37. The molecule has 3 atom stereocenters. The molecular formula is C15H30N2O2. The third kappa shape index (κ3) is 5.49. The number of aliphatic hydroxyl groups is 1. The Balaban J connectivity index is 2.40. The number of carbonyl (C=O) groups is 1. The van der Waals surface area contributed by atoms with Gasteiger partial charge in [-0.15, -0.1) is 0 Å². The molecule has 112 valence electrons. The molecule has 4 heteroatoms. The van der Waals surface area contributed by atoms with Crippen LogP contribution < -0.4 is 5.32 Å². The number of rotatable bonds is 7. The average Bonchev–Trinajstić information content (AvgIpc) is 2.35. The van der Waals surface area contributed by atoms with E-state index >= 15 is 0 Å². The van der Waals surface area contributed by atoms with Crippen LogP contribution in [0.2, 0.25) is 0 Å². The van der Waals surface area contributed by atoms with Crippen molar-refractivity contribution in [1.82, 2.24) is 10.2 Å². The number of carbonyl (C=O) groups excluding carboxylic acids is 1. The first-order valence-corrected chi connectivity index (χ1v) is 7.71. The van der Waals surface area contributed by atoms with E-state index in [1.54, 1.807) is 0 Å². The van der Waals surface area contributed by atoms with Crippen LogP contribution in [0.3, 0.4) is 0 Å². The molecule has 0 bridgehead atoms. The lowest BCUT2D eigenvalue weighted by molar-refractivity contribution is -0.123. The van der Waals surface area contributed by atoms with Crippen molar-refractivity contribution in [3.05, 3.63) is 0 Å². The lowest BCUT2D eigenvalue weighted by Crippen LogP contribution is -2.47. The summed E-state index contributed by atoms with van der Waals surface area (Å²) < 4.78 is 0. The second kappa shape index (κ2) is 8.54. The summed E-state index contributed by atoms with van der Waals surface area (Å²) >= 11 is 0. The van der Waals surface area contributed by atoms with Crippen molar-refractivity contribution in [1.29, 1.82) is 0 Å². The Morgan fingerprint density at radius 3 is 2.68 bits per heavy atom. The number of hydrogen-bond donors (Lipinski definition) is 2. The molecule has 3 unspecified atom stereocenters. The topological polar surface area (TPSA) is 52.6 Å². The maximum absolute atomic E-state index is 12.1. The van der Waals surface area contributed by atoms with E-state index in [9.17, 15) is 4.79 Å². The molecule has 1 fully saturated rings. The lowest BCUT2D eigenvalue weighted by atomic mass is 9.78. The minimum absolute atomic E-state index is 0.104. The molecule has 2 N–H and O–H groups in total. The number of nitrogens with zero attached hydrogens (tertiary/aromatic N) is 1. The van der Waals surface area contributed by atoms with Crippen LogP contribution in [-0.2, 0) is 4.79 Å². The van der Waals surface area contributed by atoms with E-state index in [1.165, 1.54) is 12.8 Å². The first-order chi connectivity index (χ1) is 9.08. The van der Waals surface area contributed by atoms with Crippen molar-refractivity contribution in [2.45, 2.75) is 52.5 Å². The fourth-order valence-corrected chi connectivity index (χ4v) is 2.97. The second-order valence-electron chi connectivity index (χ2n) is 5.94. The predicted molar refractivity (Wildman–Crippen MR) is 77.9 cm³/mol. The number of aliphatic hydroxyl groups excluding tert-OH is 1. The zero-order chi connectivity index (χ0) is 14.3. The van der Waals surface area contributed by atoms with E-state index in [1.807, 2.05) is 4.90 Å². The SMILES string of the molecule is CCCN(CCO)CC(=O)NC1CCCC(C)C1C. The highest BCUT2D eigenvalue weighted by Crippen LogP contribution is 2.29. The van der Waals surface area contributed by atoms with E-state index in [4.69, 9.17) is 5.11 Å². The maximum Gasteiger partial charge on any atom is 0.234 e. The summed E-state index contributed by atoms with van der Waals surface area (Å²) in [5.41, 5.74) is 0. The zero-order valence-electron chi connectivity index (χ0n) is 12.7. The molecule has 1 amide bonds. The molecule has 0 aromatic heterocycles. The average molecular weight is 270 g/mol. The minimum Gasteiger partial charge on any atom is -0.395 e. The lowest BCUT2D eigenvalue weighted by Gasteiger charge is -2.35. The normalized spacial score (nSPS) is 27.5. The van der Waals surface area contributed by atoms with Gasteiger partial charge < -0.3 is 10.4 Å². The molecule has 0 saturated heterocycles. The van der Waals surface area contributed by atoms with Gasteiger partial charge in [0.2, 0.25) is 5.91 Å². The van der Waals surface area contributed by atoms with Crippen LogP contribution in [0.5, 0.6) is 0 Å². The number of amides is 1. The van der Waals surface area contributed by atoms with Gasteiger partial charge in [-0.05, 0) is 31.2 Å². The Hall–Kier alpha value is -0.610. The number of nitrogens with one attached hydrogen (secondary N) is 1. The fourth-order valence-electron chi connectivity index (χ4n) is 2.97. The Morgan fingerprint density at radius 1 is 1.32 bits per heavy atom. The molecule has 0 heterocycles. The van der Waals surface area contributed by atoms with Gasteiger partial charge in [0, 0.05) is 12.6 Å². The van der Waals surface area contributed by atoms with Crippen molar-refractivity contribution in [3.63, 3.8) is 0 Å². The van der Waals surface area contributed by atoms with Gasteiger partial charge in [0.1, 0.15) is 0 Å². The molecule has 0 radical (unpaired) electrons. The van der Waals surface area contributed by atoms with Gasteiger partial charge >= 0.3 is 0 Å². The van der Waals surface area contributed by atoms with Crippen LogP contribution in [0.25, 0.3) is 0 Å². The molecule has 0 spiro atoms. The van der Waals surface area contributed by atoms with Gasteiger partial charge in [0.15, 0.2) is 0 Å². The molecule has 1 rings (SSSR count). The summed E-state index contributed by atoms with van der Waals surface area (Å²) in [6, 6.07) is 0.328. The van der Waals surface area contributed by atoms with Crippen LogP contribution in [0.4, 0.5) is 0 Å². The Labute approximate surface area is 117 Å². The van der Waals surface area contributed by atoms with E-state index in [0.717, 1.165) is 19.4 Å². The largest absolute Gasteiger partial charge is 0.395 e. The molecule has 0 aromatic carbocycles. The summed E-state index contributed by atoms with van der Waals surface area (Å²) in [6.45, 7) is 8.58. The molecular weight excluding hydrogens is 240 g/mol. The first-order valence-electron chi connectivity index (χ1n) is 7.71. The fraction of sp³-hybridized carbons (Fsp3) is 0.933. The third-order valence-corrected chi connectivity index (χ3v) is 4.38. The highest BCUT2D eigenvalue weighted by atomic mass is 16.3. The van der Waals surface area contributed by atoms with E-state index < -0.39 is 0 Å². The molecule has 4 nitrogen and oxygen atoms in total. The third-order valence-electron chi connectivity index (χ3n) is 4.38. The predicted octanol–water partition coefficient (Wildman–Crippen LogP) is 1.63. The second-order valence-corrected chi connectivity index (χ2v) is 5.94. The molecule has 0 aliphatic heterocycles. The Bertz CT molecular complexity index is 265. The smallest absolute Gasteiger partial charge is 0.234 e. The van der Waals surface area contributed by atoms with Crippen LogP contribution >= 0.6 is 0 Å². The van der Waals surface area contributed by atoms with Gasteiger partial charge in [-0.3, -0.25) is 9.69 Å². The van der Waals surface area contributed by atoms with Crippen LogP contribution in [0.1, 0.15) is 46.5 Å². The minimum atomic E-state index is 0.104. The van der Waals surface area contributed by atoms with Gasteiger partial charge in [0.05, 0.1) is 13.2 Å². The number of hydrogen-bond acceptors (Lipinski definition) is 3. The molecule has 19 heavy (non-hydrogen) atoms. The zero-order valence-corrected chi connectivity index (χ0v) is 12.7. The standard InChI is InChI=1S/C15H30N2O2/c1-4-8-17(9-10-18)11-15(19)16-14-7-5-6-12(2)13(14)3/h12-14,18H,4-11H2,1-3H3,(H,16,19). The van der Waals surface area contributed by atoms with Gasteiger partial charge in [0.25, 0.3) is 0 Å². The Morgan fingerprint density at radius 2 is 2.05 bits per heavy atom. The van der Waals surface area contributed by atoms with Crippen molar-refractivity contribution >= 4 is 5.91 Å². The van der Waals surface area contributed by atoms with E-state index in [2.05, 4.69) is 26.1 Å². The van der Waals surface area contributed by atoms with Crippen molar-refractivity contribution in [3.8, 4) is 0 Å². The van der Waals surface area contributed by atoms with Crippen LogP contribution in [-0.4, -0.2) is 48.2 Å². The molecule has 1 aliphatic rings. The van der Waals surface area contributed by atoms with Crippen molar-refractivity contribution in [2.24, 2.45) is 11.8 Å². The summed E-state index contributed by atoms with van der Waals surface area (Å²) in [7, 11) is 0. The van der Waals surface area contributed by atoms with Crippen molar-refractivity contribution < 1.29 is 9.90 Å². The molecule has 1 saturated carbocycles. The van der Waals surface area contributed by atoms with Crippen LogP contribution in [0.15, 0.2) is 0 Å². The molecule has 1 aliphatic carbocycles. The highest BCUT2D eigenvalue weighted by molar-refractivity contribution is 5.78. The van der Waals surface area contributed by atoms with E-state index in [-0.39, 0.29) is 12.5 Å². The Kier molecular flexibility index (Phi) is 7.39. The maximum atomic E-state index is 12.1. The summed E-state index contributed by atoms with van der Waals surface area (Å²) in [6.07, 6.45) is 4.60. The van der Waals surface area contributed by atoms with E-state index in [0.29, 0.717) is 31.0 Å². The molecule has 0 aromatic rings. The van der Waals surface area contributed by atoms with Crippen LogP contribution in [0, 0.1) is 11.8 Å². The first kappa shape index (κ1) is 16.4. The summed E-state index contributed by atoms with van der Waals surface area (Å²) in [4.78, 5) is 14.1. The van der Waals surface area contributed by atoms with Crippen molar-refractivity contribution in [2.75, 3.05) is 26.2 Å².